The number of urea groups is 1. The van der Waals surface area contributed by atoms with Crippen molar-refractivity contribution >= 4 is 11.9 Å². The molecule has 1 saturated carbocycles. The first-order valence-corrected chi connectivity index (χ1v) is 11.2. The fourth-order valence-corrected chi connectivity index (χ4v) is 4.87. The lowest BCUT2D eigenvalue weighted by Crippen LogP contribution is -2.60. The van der Waals surface area contributed by atoms with Gasteiger partial charge in [-0.15, -0.1) is 0 Å². The Morgan fingerprint density at radius 2 is 1.91 bits per heavy atom. The van der Waals surface area contributed by atoms with Gasteiger partial charge in [-0.2, -0.15) is 4.98 Å². The van der Waals surface area contributed by atoms with Gasteiger partial charge >= 0.3 is 6.03 Å². The van der Waals surface area contributed by atoms with E-state index in [1.807, 2.05) is 55.5 Å². The average molecular weight is 447 g/mol. The van der Waals surface area contributed by atoms with Gasteiger partial charge in [-0.25, -0.2) is 4.79 Å². The van der Waals surface area contributed by atoms with Crippen molar-refractivity contribution in [2.75, 3.05) is 7.11 Å². The molecule has 0 bridgehead atoms. The molecule has 0 spiro atoms. The van der Waals surface area contributed by atoms with Gasteiger partial charge in [0.15, 0.2) is 0 Å². The van der Waals surface area contributed by atoms with Crippen LogP contribution in [0, 0.1) is 12.8 Å². The number of aryl methyl sites for hydroxylation is 1. The zero-order chi connectivity index (χ0) is 22.9. The van der Waals surface area contributed by atoms with Crippen LogP contribution in [0.4, 0.5) is 4.79 Å². The van der Waals surface area contributed by atoms with E-state index in [4.69, 9.17) is 9.26 Å². The summed E-state index contributed by atoms with van der Waals surface area (Å²) in [6.45, 7) is 2.20. The third-order valence-corrected chi connectivity index (χ3v) is 6.69. The molecule has 8 heteroatoms. The molecule has 2 aliphatic rings. The fraction of sp³-hybridized carbons (Fsp3) is 0.360. The highest BCUT2D eigenvalue weighted by Crippen LogP contribution is 2.39. The summed E-state index contributed by atoms with van der Waals surface area (Å²) in [6.07, 6.45) is 2.00. The van der Waals surface area contributed by atoms with E-state index in [1.165, 1.54) is 4.90 Å². The number of aromatic nitrogens is 2. The zero-order valence-electron chi connectivity index (χ0n) is 18.7. The largest absolute Gasteiger partial charge is 0.496 e. The number of para-hydroxylation sites is 1. The Balaban J connectivity index is 1.30. The van der Waals surface area contributed by atoms with Crippen LogP contribution in [0.2, 0.25) is 0 Å². The highest BCUT2D eigenvalue weighted by Gasteiger charge is 2.45. The second-order valence-corrected chi connectivity index (χ2v) is 8.68. The molecule has 0 radical (unpaired) electrons. The van der Waals surface area contributed by atoms with E-state index in [2.05, 4.69) is 15.5 Å². The second kappa shape index (κ2) is 8.69. The van der Waals surface area contributed by atoms with Gasteiger partial charge in [0, 0.05) is 23.1 Å². The number of carbonyl (C=O) groups is 2. The van der Waals surface area contributed by atoms with Crippen molar-refractivity contribution in [2.45, 2.75) is 44.7 Å². The second-order valence-electron chi connectivity index (χ2n) is 8.68. The predicted octanol–water partition coefficient (Wildman–Crippen LogP) is 4.06. The summed E-state index contributed by atoms with van der Waals surface area (Å²) >= 11 is 0. The molecule has 3 atom stereocenters. The molecule has 33 heavy (non-hydrogen) atoms. The first-order chi connectivity index (χ1) is 16.0. The van der Waals surface area contributed by atoms with E-state index < -0.39 is 0 Å². The number of amides is 3. The summed E-state index contributed by atoms with van der Waals surface area (Å²) < 4.78 is 11.0. The van der Waals surface area contributed by atoms with E-state index in [0.29, 0.717) is 30.3 Å². The first-order valence-electron chi connectivity index (χ1n) is 11.2. The molecule has 3 aromatic rings. The van der Waals surface area contributed by atoms with Gasteiger partial charge in [0.1, 0.15) is 5.75 Å². The number of ether oxygens (including phenoxy) is 1. The van der Waals surface area contributed by atoms with Crippen LogP contribution in [-0.4, -0.2) is 40.1 Å². The van der Waals surface area contributed by atoms with E-state index in [-0.39, 0.29) is 36.4 Å². The molecule has 1 aliphatic carbocycles. The molecule has 1 aliphatic heterocycles. The van der Waals surface area contributed by atoms with E-state index in [0.717, 1.165) is 23.1 Å². The van der Waals surface area contributed by atoms with Gasteiger partial charge in [0.25, 0.3) is 0 Å². The molecule has 1 aromatic heterocycles. The number of methoxy groups -OCH3 is 1. The average Bonchev–Trinajstić information content (AvgIpc) is 3.32. The Hall–Kier alpha value is -3.68. The number of rotatable bonds is 5. The molecule has 5 rings (SSSR count). The lowest BCUT2D eigenvalue weighted by Gasteiger charge is -2.41. The molecule has 2 fully saturated rings. The summed E-state index contributed by atoms with van der Waals surface area (Å²) in [4.78, 5) is 32.0. The molecule has 3 unspecified atom stereocenters. The SMILES string of the molecule is COc1ccccc1CN1C(=O)NC2CC(c3nc(-c4ccccc4C)no3)CCC2C1=O. The minimum atomic E-state index is -0.376. The van der Waals surface area contributed by atoms with Crippen LogP contribution in [0.5, 0.6) is 5.75 Å². The number of hydrogen-bond acceptors (Lipinski definition) is 6. The van der Waals surface area contributed by atoms with Crippen molar-refractivity contribution < 1.29 is 18.8 Å². The van der Waals surface area contributed by atoms with Crippen molar-refractivity contribution in [2.24, 2.45) is 5.92 Å². The van der Waals surface area contributed by atoms with Crippen LogP contribution in [0.3, 0.4) is 0 Å². The number of fused-ring (bicyclic) bond motifs is 1. The van der Waals surface area contributed by atoms with Gasteiger partial charge < -0.3 is 14.6 Å². The lowest BCUT2D eigenvalue weighted by molar-refractivity contribution is -0.137. The van der Waals surface area contributed by atoms with Crippen molar-refractivity contribution in [1.29, 1.82) is 0 Å². The molecular weight excluding hydrogens is 420 g/mol. The van der Waals surface area contributed by atoms with Crippen LogP contribution in [-0.2, 0) is 11.3 Å². The summed E-state index contributed by atoms with van der Waals surface area (Å²) in [7, 11) is 1.58. The van der Waals surface area contributed by atoms with Crippen LogP contribution in [0.15, 0.2) is 53.1 Å². The molecular formula is C25H26N4O4. The first kappa shape index (κ1) is 21.2. The van der Waals surface area contributed by atoms with Gasteiger partial charge in [0.2, 0.25) is 17.6 Å². The quantitative estimate of drug-likeness (QED) is 0.635. The Labute approximate surface area is 191 Å². The van der Waals surface area contributed by atoms with Gasteiger partial charge in [-0.3, -0.25) is 9.69 Å². The summed E-state index contributed by atoms with van der Waals surface area (Å²) in [5.74, 6) is 1.39. The summed E-state index contributed by atoms with van der Waals surface area (Å²) in [5, 5.41) is 7.21. The monoisotopic (exact) mass is 446 g/mol. The molecule has 8 nitrogen and oxygen atoms in total. The molecule has 1 saturated heterocycles. The highest BCUT2D eigenvalue weighted by molar-refractivity contribution is 5.98. The topological polar surface area (TPSA) is 97.6 Å². The number of nitrogens with one attached hydrogen (secondary N) is 1. The highest BCUT2D eigenvalue weighted by atomic mass is 16.5. The van der Waals surface area contributed by atoms with Crippen LogP contribution in [0.1, 0.15) is 42.2 Å². The molecule has 2 aromatic carbocycles. The van der Waals surface area contributed by atoms with Crippen molar-refractivity contribution in [3.63, 3.8) is 0 Å². The normalized spacial score (nSPS) is 22.6. The van der Waals surface area contributed by atoms with Crippen LogP contribution >= 0.6 is 0 Å². The van der Waals surface area contributed by atoms with Crippen molar-refractivity contribution in [3.05, 3.63) is 65.5 Å². The Morgan fingerprint density at radius 3 is 2.73 bits per heavy atom. The molecule has 3 amide bonds. The van der Waals surface area contributed by atoms with E-state index >= 15 is 0 Å². The number of nitrogens with zero attached hydrogens (tertiary/aromatic N) is 3. The van der Waals surface area contributed by atoms with Crippen molar-refractivity contribution in [1.82, 2.24) is 20.4 Å². The number of benzene rings is 2. The number of carbonyl (C=O) groups excluding carboxylic acids is 2. The minimum Gasteiger partial charge on any atom is -0.496 e. The van der Waals surface area contributed by atoms with Gasteiger partial charge in [-0.05, 0) is 37.8 Å². The molecule has 1 N–H and O–H groups in total. The van der Waals surface area contributed by atoms with Gasteiger partial charge in [0.05, 0.1) is 19.6 Å². The lowest BCUT2D eigenvalue weighted by atomic mass is 9.76. The summed E-state index contributed by atoms with van der Waals surface area (Å²) in [6, 6.07) is 14.7. The number of imide groups is 1. The maximum absolute atomic E-state index is 13.2. The van der Waals surface area contributed by atoms with Gasteiger partial charge in [-0.1, -0.05) is 47.6 Å². The standard InChI is InChI=1S/C25H26N4O4/c1-15-7-3-5-9-18(15)22-27-23(33-28-22)16-11-12-19-20(13-16)26-25(31)29(24(19)30)14-17-8-4-6-10-21(17)32-2/h3-10,16,19-20H,11-14H2,1-2H3,(H,26,31). The third-order valence-electron chi connectivity index (χ3n) is 6.69. The van der Waals surface area contributed by atoms with E-state index in [9.17, 15) is 9.59 Å². The van der Waals surface area contributed by atoms with Crippen LogP contribution < -0.4 is 10.1 Å². The maximum Gasteiger partial charge on any atom is 0.324 e. The molecule has 170 valence electrons. The Kier molecular flexibility index (Phi) is 5.58. The summed E-state index contributed by atoms with van der Waals surface area (Å²) in [5.41, 5.74) is 2.81. The Morgan fingerprint density at radius 1 is 1.12 bits per heavy atom. The number of hydrogen-bond donors (Lipinski definition) is 1. The smallest absolute Gasteiger partial charge is 0.324 e. The van der Waals surface area contributed by atoms with Crippen LogP contribution in [0.25, 0.3) is 11.4 Å². The Bertz CT molecular complexity index is 1190. The molecule has 2 heterocycles. The maximum atomic E-state index is 13.2. The van der Waals surface area contributed by atoms with E-state index in [1.54, 1.807) is 7.11 Å². The predicted molar refractivity (Wildman–Crippen MR) is 120 cm³/mol. The third kappa shape index (κ3) is 3.97. The zero-order valence-corrected chi connectivity index (χ0v) is 18.7. The fourth-order valence-electron chi connectivity index (χ4n) is 4.87. The van der Waals surface area contributed by atoms with Crippen molar-refractivity contribution in [3.8, 4) is 17.1 Å². The minimum absolute atomic E-state index is 0.00499.